The van der Waals surface area contributed by atoms with Crippen molar-refractivity contribution < 1.29 is 0 Å². The second-order valence-electron chi connectivity index (χ2n) is 13.3. The summed E-state index contributed by atoms with van der Waals surface area (Å²) in [5.74, 6) is 0. The van der Waals surface area contributed by atoms with E-state index in [2.05, 4.69) is 191 Å². The molecule has 0 unspecified atom stereocenters. The first-order chi connectivity index (χ1) is 25.3. The van der Waals surface area contributed by atoms with Gasteiger partial charge in [-0.15, -0.1) is 0 Å². The maximum absolute atomic E-state index is 2.56. The van der Waals surface area contributed by atoms with E-state index in [0.717, 1.165) is 0 Å². The fourth-order valence-corrected chi connectivity index (χ4v) is 10.7. The molecule has 0 aliphatic rings. The van der Waals surface area contributed by atoms with Crippen molar-refractivity contribution >= 4 is 77.4 Å². The minimum atomic E-state index is 0.237. The fourth-order valence-electron chi connectivity index (χ4n) is 8.38. The predicted octanol–water partition coefficient (Wildman–Crippen LogP) is 12.6. The molecule has 0 saturated carbocycles. The quantitative estimate of drug-likeness (QED) is 0.161. The second-order valence-corrected chi connectivity index (χ2v) is 15.5. The van der Waals surface area contributed by atoms with Gasteiger partial charge in [-0.05, 0) is 0 Å². The minimum absolute atomic E-state index is 0.237. The third-order valence-electron chi connectivity index (χ3n) is 10.5. The van der Waals surface area contributed by atoms with Crippen molar-refractivity contribution in [3.63, 3.8) is 0 Å². The molecule has 0 amide bonds. The monoisotopic (exact) mass is 714 g/mol. The van der Waals surface area contributed by atoms with Crippen molar-refractivity contribution in [2.75, 3.05) is 0 Å². The third-order valence-corrected chi connectivity index (χ3v) is 12.9. The number of nitrogens with zero attached hydrogens (tertiary/aromatic N) is 2. The van der Waals surface area contributed by atoms with Gasteiger partial charge in [0.1, 0.15) is 0 Å². The summed E-state index contributed by atoms with van der Waals surface area (Å²) in [6, 6.07) is 67.1. The summed E-state index contributed by atoms with van der Waals surface area (Å²) < 4.78 is 7.88. The summed E-state index contributed by atoms with van der Waals surface area (Å²) in [6.07, 6.45) is 0. The van der Waals surface area contributed by atoms with Gasteiger partial charge in [0.25, 0.3) is 0 Å². The summed E-state index contributed by atoms with van der Waals surface area (Å²) in [6.45, 7) is 0. The van der Waals surface area contributed by atoms with Crippen LogP contribution in [-0.2, 0) is 0 Å². The van der Waals surface area contributed by atoms with E-state index in [9.17, 15) is 0 Å². The first kappa shape index (κ1) is 28.7. The molecule has 0 aliphatic heterocycles. The number of rotatable bonds is 4. The summed E-state index contributed by atoms with van der Waals surface area (Å²) in [4.78, 5) is 0. The number of fused-ring (bicyclic) bond motifs is 9. The molecule has 238 valence electrons. The third kappa shape index (κ3) is 4.23. The topological polar surface area (TPSA) is 9.86 Å². The summed E-state index contributed by atoms with van der Waals surface area (Å²) >= 11 is 0.237. The molecule has 3 heteroatoms. The van der Waals surface area contributed by atoms with Gasteiger partial charge in [0.2, 0.25) is 0 Å². The Kier molecular flexibility index (Phi) is 6.30. The Balaban J connectivity index is 1.27. The van der Waals surface area contributed by atoms with E-state index in [1.165, 1.54) is 96.5 Å². The van der Waals surface area contributed by atoms with Crippen LogP contribution in [0, 0.1) is 0 Å². The Bertz CT molecular complexity index is 3090. The molecule has 11 rings (SSSR count). The molecule has 0 saturated heterocycles. The summed E-state index contributed by atoms with van der Waals surface area (Å²) in [7, 11) is 0. The zero-order valence-electron chi connectivity index (χ0n) is 27.6. The van der Waals surface area contributed by atoms with Crippen LogP contribution in [0.25, 0.3) is 96.5 Å². The van der Waals surface area contributed by atoms with Gasteiger partial charge >= 0.3 is 290 Å². The molecule has 2 nitrogen and oxygen atoms in total. The van der Waals surface area contributed by atoms with Crippen molar-refractivity contribution in [2.24, 2.45) is 0 Å². The molecule has 11 aromatic rings. The van der Waals surface area contributed by atoms with Gasteiger partial charge in [0, 0.05) is 0 Å². The normalized spacial score (nSPS) is 11.9. The van der Waals surface area contributed by atoms with Gasteiger partial charge in [0.15, 0.2) is 0 Å². The standard InChI is InChI=1S/C48H30N2Se/c1-2-14-31(15-3-1)33-16-4-5-17-34(33)38-27-29-46-47(39-21-9-13-25-45(39)51-46)48(38)50-43-24-12-8-20-37(43)40-30-32(26-28-44(40)50)49-41-22-10-6-18-35(41)36-19-7-11-23-42(36)49/h1-30H. The number of para-hydroxylation sites is 3. The van der Waals surface area contributed by atoms with Gasteiger partial charge in [-0.25, -0.2) is 0 Å². The molecule has 0 bridgehead atoms. The van der Waals surface area contributed by atoms with E-state index in [1.54, 1.807) is 0 Å². The van der Waals surface area contributed by atoms with Crippen molar-refractivity contribution in [1.82, 2.24) is 9.13 Å². The Morgan fingerprint density at radius 3 is 1.61 bits per heavy atom. The molecule has 0 N–H and O–H groups in total. The van der Waals surface area contributed by atoms with Gasteiger partial charge in [-0.1, -0.05) is 12.1 Å². The van der Waals surface area contributed by atoms with Crippen LogP contribution in [0.15, 0.2) is 182 Å². The van der Waals surface area contributed by atoms with Gasteiger partial charge in [0.05, 0.1) is 0 Å². The Morgan fingerprint density at radius 1 is 0.333 bits per heavy atom. The molecule has 8 aromatic carbocycles. The van der Waals surface area contributed by atoms with Gasteiger partial charge < -0.3 is 0 Å². The first-order valence-corrected chi connectivity index (χ1v) is 19.2. The molecule has 0 fully saturated rings. The molecule has 51 heavy (non-hydrogen) atoms. The average molecular weight is 714 g/mol. The van der Waals surface area contributed by atoms with Crippen molar-refractivity contribution in [1.29, 1.82) is 0 Å². The van der Waals surface area contributed by atoms with Crippen LogP contribution in [0.2, 0.25) is 0 Å². The summed E-state index contributed by atoms with van der Waals surface area (Å²) in [5, 5.41) is 7.78. The van der Waals surface area contributed by atoms with Crippen LogP contribution in [0.1, 0.15) is 0 Å². The van der Waals surface area contributed by atoms with Crippen LogP contribution in [-0.4, -0.2) is 23.6 Å². The zero-order valence-corrected chi connectivity index (χ0v) is 29.3. The molecule has 0 aliphatic carbocycles. The van der Waals surface area contributed by atoms with Crippen LogP contribution < -0.4 is 0 Å². The Hall–Kier alpha value is -6.12. The number of hydrogen-bond donors (Lipinski definition) is 0. The van der Waals surface area contributed by atoms with Crippen LogP contribution in [0.4, 0.5) is 0 Å². The molecule has 0 radical (unpaired) electrons. The van der Waals surface area contributed by atoms with E-state index in [-0.39, 0.29) is 14.5 Å². The second kappa shape index (κ2) is 11.2. The van der Waals surface area contributed by atoms with E-state index < -0.39 is 0 Å². The average Bonchev–Trinajstić information content (AvgIpc) is 3.85. The van der Waals surface area contributed by atoms with Crippen LogP contribution in [0.5, 0.6) is 0 Å². The number of benzene rings is 8. The first-order valence-electron chi connectivity index (χ1n) is 17.4. The maximum atomic E-state index is 2.56. The van der Waals surface area contributed by atoms with Crippen molar-refractivity contribution in [3.8, 4) is 33.6 Å². The van der Waals surface area contributed by atoms with E-state index in [0.29, 0.717) is 0 Å². The summed E-state index contributed by atoms with van der Waals surface area (Å²) in [5.41, 5.74) is 12.3. The molecule has 3 aromatic heterocycles. The van der Waals surface area contributed by atoms with Crippen molar-refractivity contribution in [3.05, 3.63) is 182 Å². The molecule has 3 heterocycles. The predicted molar refractivity (Wildman–Crippen MR) is 218 cm³/mol. The molecular formula is C48H30N2Se. The Labute approximate surface area is 300 Å². The van der Waals surface area contributed by atoms with E-state index >= 15 is 0 Å². The Morgan fingerprint density at radius 2 is 0.882 bits per heavy atom. The van der Waals surface area contributed by atoms with E-state index in [1.807, 2.05) is 0 Å². The van der Waals surface area contributed by atoms with Gasteiger partial charge in [-0.3, -0.25) is 0 Å². The number of aromatic nitrogens is 2. The zero-order chi connectivity index (χ0) is 33.5. The fraction of sp³-hybridized carbons (Fsp3) is 0. The number of hydrogen-bond acceptors (Lipinski definition) is 0. The molecular weight excluding hydrogens is 684 g/mol. The van der Waals surface area contributed by atoms with Crippen molar-refractivity contribution in [2.45, 2.75) is 0 Å². The molecule has 0 atom stereocenters. The molecule has 0 spiro atoms. The van der Waals surface area contributed by atoms with Gasteiger partial charge in [-0.2, -0.15) is 0 Å². The van der Waals surface area contributed by atoms with Crippen LogP contribution in [0.3, 0.4) is 0 Å². The van der Waals surface area contributed by atoms with Crippen LogP contribution >= 0.6 is 0 Å². The SMILES string of the molecule is c1ccc(-c2ccccc2-c2ccc3[se]c4ccccc4c3c2-n2c3ccccc3c3cc(-n4c5ccccc5c5ccccc54)ccc32)cc1. The van der Waals surface area contributed by atoms with E-state index in [4.69, 9.17) is 0 Å².